The third-order valence-corrected chi connectivity index (χ3v) is 5.60. The summed E-state index contributed by atoms with van der Waals surface area (Å²) in [5.74, 6) is 0.389. The topological polar surface area (TPSA) is 116 Å². The number of nitriles is 1. The Morgan fingerprint density at radius 1 is 1.38 bits per heavy atom. The van der Waals surface area contributed by atoms with Crippen LogP contribution in [0.2, 0.25) is 0 Å². The Morgan fingerprint density at radius 2 is 2.14 bits per heavy atom. The lowest BCUT2D eigenvalue weighted by Crippen LogP contribution is -2.19. The molecule has 0 saturated carbocycles. The van der Waals surface area contributed by atoms with Crippen LogP contribution in [0.5, 0.6) is 0 Å². The molecule has 1 aliphatic heterocycles. The Hall–Kier alpha value is -2.96. The number of carbonyl (C=O) groups is 1. The molecular formula is C20H18BrN5O3. The second-order valence-electron chi connectivity index (χ2n) is 6.76. The smallest absolute Gasteiger partial charge is 0.338 e. The van der Waals surface area contributed by atoms with Gasteiger partial charge >= 0.3 is 5.97 Å². The number of nitrogens with two attached hydrogens (primary N) is 1. The molecule has 8 nitrogen and oxygen atoms in total. The molecule has 3 aromatic rings. The Bertz CT molecular complexity index is 1120. The fourth-order valence-electron chi connectivity index (χ4n) is 3.50. The van der Waals surface area contributed by atoms with Crippen molar-refractivity contribution in [3.8, 4) is 6.07 Å². The van der Waals surface area contributed by atoms with Crippen molar-refractivity contribution in [3.63, 3.8) is 0 Å². The van der Waals surface area contributed by atoms with E-state index in [1.54, 1.807) is 31.2 Å². The molecule has 0 amide bonds. The lowest BCUT2D eigenvalue weighted by atomic mass is 10.2. The number of rotatable bonds is 4. The van der Waals surface area contributed by atoms with Gasteiger partial charge in [0.25, 0.3) is 0 Å². The average Bonchev–Trinajstić information content (AvgIpc) is 3.28. The highest BCUT2D eigenvalue weighted by molar-refractivity contribution is 9.10. The number of benzene rings is 1. The van der Waals surface area contributed by atoms with Gasteiger partial charge in [0.2, 0.25) is 0 Å². The zero-order valence-electron chi connectivity index (χ0n) is 15.6. The van der Waals surface area contributed by atoms with E-state index in [9.17, 15) is 10.1 Å². The fourth-order valence-corrected chi connectivity index (χ4v) is 4.18. The molecule has 1 saturated heterocycles. The summed E-state index contributed by atoms with van der Waals surface area (Å²) in [5, 5.41) is 10.1. The van der Waals surface area contributed by atoms with E-state index in [0.717, 1.165) is 0 Å². The van der Waals surface area contributed by atoms with E-state index in [1.165, 1.54) is 0 Å². The van der Waals surface area contributed by atoms with E-state index in [-0.39, 0.29) is 30.7 Å². The van der Waals surface area contributed by atoms with Crippen LogP contribution in [-0.2, 0) is 9.47 Å². The summed E-state index contributed by atoms with van der Waals surface area (Å²) >= 11 is 3.49. The average molecular weight is 456 g/mol. The van der Waals surface area contributed by atoms with Gasteiger partial charge in [-0.05, 0) is 47.8 Å². The molecule has 4 rings (SSSR count). The minimum absolute atomic E-state index is 0.155. The summed E-state index contributed by atoms with van der Waals surface area (Å²) in [7, 11) is 0. The largest absolute Gasteiger partial charge is 0.459 e. The van der Waals surface area contributed by atoms with Gasteiger partial charge in [0.1, 0.15) is 40.8 Å². The number of anilines is 1. The summed E-state index contributed by atoms with van der Waals surface area (Å²) in [6.45, 7) is 1.90. The molecule has 148 valence electrons. The highest BCUT2D eigenvalue weighted by atomic mass is 79.9. The monoisotopic (exact) mass is 455 g/mol. The summed E-state index contributed by atoms with van der Waals surface area (Å²) in [6, 6.07) is 11.0. The van der Waals surface area contributed by atoms with Crippen molar-refractivity contribution in [2.24, 2.45) is 0 Å². The van der Waals surface area contributed by atoms with Crippen molar-refractivity contribution in [3.05, 3.63) is 51.9 Å². The van der Waals surface area contributed by atoms with Gasteiger partial charge in [0.15, 0.2) is 0 Å². The Balaban J connectivity index is 1.54. The summed E-state index contributed by atoms with van der Waals surface area (Å²) in [6.07, 6.45) is 0.787. The lowest BCUT2D eigenvalue weighted by molar-refractivity contribution is -0.0314. The van der Waals surface area contributed by atoms with Gasteiger partial charge in [-0.3, -0.25) is 4.57 Å². The first-order chi connectivity index (χ1) is 14.0. The molecule has 0 spiro atoms. The number of hydrogen-bond donors (Lipinski definition) is 1. The van der Waals surface area contributed by atoms with Crippen LogP contribution >= 0.6 is 15.9 Å². The fraction of sp³-hybridized carbons (Fsp3) is 0.300. The highest BCUT2D eigenvalue weighted by Crippen LogP contribution is 2.39. The minimum Gasteiger partial charge on any atom is -0.459 e. The number of ether oxygens (including phenoxy) is 2. The minimum atomic E-state index is -0.381. The van der Waals surface area contributed by atoms with E-state index in [1.807, 2.05) is 10.6 Å². The summed E-state index contributed by atoms with van der Waals surface area (Å²) in [5.41, 5.74) is 7.47. The second-order valence-corrected chi connectivity index (χ2v) is 7.51. The second kappa shape index (κ2) is 7.81. The van der Waals surface area contributed by atoms with Crippen molar-refractivity contribution in [2.75, 3.05) is 12.3 Å². The number of hydrogen-bond acceptors (Lipinski definition) is 7. The molecular weight excluding hydrogens is 438 g/mol. The number of nitrogen functional groups attached to an aromatic ring is 1. The van der Waals surface area contributed by atoms with Gasteiger partial charge in [0.05, 0.1) is 22.6 Å². The maximum atomic E-state index is 12.1. The molecule has 0 radical (unpaired) electrons. The maximum Gasteiger partial charge on any atom is 0.338 e. The van der Waals surface area contributed by atoms with Crippen LogP contribution in [0.25, 0.3) is 11.0 Å². The van der Waals surface area contributed by atoms with Crippen LogP contribution in [0.3, 0.4) is 0 Å². The zero-order chi connectivity index (χ0) is 20.5. The van der Waals surface area contributed by atoms with Gasteiger partial charge < -0.3 is 15.2 Å². The molecule has 2 N–H and O–H groups in total. The van der Waals surface area contributed by atoms with Gasteiger partial charge in [-0.25, -0.2) is 14.8 Å². The molecule has 3 heterocycles. The van der Waals surface area contributed by atoms with Crippen LogP contribution in [0, 0.1) is 18.3 Å². The van der Waals surface area contributed by atoms with Crippen LogP contribution in [0.15, 0.2) is 34.9 Å². The zero-order valence-corrected chi connectivity index (χ0v) is 17.2. The SMILES string of the molecule is Cc1nc(N)c2c(C#N)c(Br)n([C@H]3CC[C@@H](COC(=O)c4ccccc4)O3)c2n1. The van der Waals surface area contributed by atoms with Crippen LogP contribution in [-0.4, -0.2) is 33.2 Å². The molecule has 2 aromatic heterocycles. The van der Waals surface area contributed by atoms with Crippen molar-refractivity contribution in [1.29, 1.82) is 5.26 Å². The van der Waals surface area contributed by atoms with E-state index in [2.05, 4.69) is 32.0 Å². The lowest BCUT2D eigenvalue weighted by Gasteiger charge is -2.17. The van der Waals surface area contributed by atoms with E-state index >= 15 is 0 Å². The normalized spacial score (nSPS) is 18.7. The van der Waals surface area contributed by atoms with Crippen LogP contribution in [0.1, 0.15) is 40.8 Å². The number of aryl methyl sites for hydroxylation is 1. The molecule has 1 fully saturated rings. The van der Waals surface area contributed by atoms with Gasteiger partial charge in [-0.15, -0.1) is 0 Å². The molecule has 9 heteroatoms. The van der Waals surface area contributed by atoms with Crippen LogP contribution < -0.4 is 5.73 Å². The van der Waals surface area contributed by atoms with E-state index in [4.69, 9.17) is 15.2 Å². The first kappa shape index (κ1) is 19.4. The number of halogens is 1. The number of carbonyl (C=O) groups excluding carboxylic acids is 1. The third-order valence-electron chi connectivity index (χ3n) is 4.82. The summed E-state index contributed by atoms with van der Waals surface area (Å²) < 4.78 is 13.9. The summed E-state index contributed by atoms with van der Waals surface area (Å²) in [4.78, 5) is 20.8. The highest BCUT2D eigenvalue weighted by Gasteiger charge is 2.32. The van der Waals surface area contributed by atoms with Crippen molar-refractivity contribution < 1.29 is 14.3 Å². The standard InChI is InChI=1S/C20H18BrN5O3/c1-11-24-18(23)16-14(9-22)17(21)26(19(16)25-11)15-8-7-13(29-15)10-28-20(27)12-5-3-2-4-6-12/h2-6,13,15H,7-8,10H2,1H3,(H2,23,24,25)/t13-,15+/m0/s1. The van der Waals surface area contributed by atoms with Crippen molar-refractivity contribution in [2.45, 2.75) is 32.1 Å². The number of aromatic nitrogens is 3. The first-order valence-corrected chi connectivity index (χ1v) is 9.90. The third kappa shape index (κ3) is 3.57. The van der Waals surface area contributed by atoms with Gasteiger partial charge in [-0.1, -0.05) is 18.2 Å². The molecule has 29 heavy (non-hydrogen) atoms. The molecule has 0 unspecified atom stereocenters. The first-order valence-electron chi connectivity index (χ1n) is 9.10. The van der Waals surface area contributed by atoms with Gasteiger partial charge in [-0.2, -0.15) is 5.26 Å². The Labute approximate surface area is 175 Å². The molecule has 0 aliphatic carbocycles. The van der Waals surface area contributed by atoms with Gasteiger partial charge in [0, 0.05) is 0 Å². The maximum absolute atomic E-state index is 12.1. The van der Waals surface area contributed by atoms with E-state index < -0.39 is 0 Å². The van der Waals surface area contributed by atoms with Crippen molar-refractivity contribution in [1.82, 2.24) is 14.5 Å². The Morgan fingerprint density at radius 3 is 2.86 bits per heavy atom. The predicted octanol–water partition coefficient (Wildman–Crippen LogP) is 3.49. The number of fused-ring (bicyclic) bond motifs is 1. The Kier molecular flexibility index (Phi) is 5.22. The molecule has 1 aromatic carbocycles. The quantitative estimate of drug-likeness (QED) is 0.598. The number of nitrogens with zero attached hydrogens (tertiary/aromatic N) is 4. The van der Waals surface area contributed by atoms with Crippen LogP contribution in [0.4, 0.5) is 5.82 Å². The number of esters is 1. The molecule has 1 aliphatic rings. The van der Waals surface area contributed by atoms with E-state index in [0.29, 0.717) is 45.4 Å². The molecule has 0 bridgehead atoms. The van der Waals surface area contributed by atoms with Crippen molar-refractivity contribution >= 4 is 38.8 Å². The molecule has 2 atom stereocenters. The predicted molar refractivity (Wildman–Crippen MR) is 109 cm³/mol.